The fourth-order valence-corrected chi connectivity index (χ4v) is 16.2. The Morgan fingerprint density at radius 2 is 0.348 bits per heavy atom. The van der Waals surface area contributed by atoms with E-state index in [-0.39, 0.29) is 34.0 Å². The van der Waals surface area contributed by atoms with Crippen LogP contribution in [-0.4, -0.2) is 0 Å². The third kappa shape index (κ3) is 5.85. The first-order valence-electron chi connectivity index (χ1n) is 15.1. The molecule has 0 heterocycles. The van der Waals surface area contributed by atoms with Crippen LogP contribution in [0.1, 0.15) is 0 Å². The van der Waals surface area contributed by atoms with Gasteiger partial charge in [0.15, 0.2) is 10.6 Å². The van der Waals surface area contributed by atoms with Crippen molar-refractivity contribution in [3.05, 3.63) is 206 Å². The van der Waals surface area contributed by atoms with Gasteiger partial charge >= 0.3 is 0 Å². The standard InChI is InChI=1S/C42H34P2.2BrH/c1-7-21-35(22-8-1)43(36-23-9-2-10-24-36,37-25-11-3-12-26-37)41-33-19-20-34-42(41)44(38-27-13-4-14-28-38,39-29-15-5-16-30-39)40-31-17-6-18-32-40;;/h1-34H;2*1H/q+2;;/p-2. The van der Waals surface area contributed by atoms with E-state index >= 15 is 0 Å². The molecule has 0 saturated carbocycles. The van der Waals surface area contributed by atoms with Crippen LogP contribution < -0.4 is 76.4 Å². The molecule has 7 rings (SSSR count). The largest absolute Gasteiger partial charge is 1.00 e. The molecule has 4 heteroatoms. The highest BCUT2D eigenvalue weighted by Gasteiger charge is 2.57. The average Bonchev–Trinajstić information content (AvgIpc) is 3.12. The molecule has 226 valence electrons. The predicted octanol–water partition coefficient (Wildman–Crippen LogP) is 0.933. The van der Waals surface area contributed by atoms with E-state index in [2.05, 4.69) is 206 Å². The van der Waals surface area contributed by atoms with E-state index in [1.54, 1.807) is 0 Å². The van der Waals surface area contributed by atoms with Crippen LogP contribution in [0.2, 0.25) is 0 Å². The van der Waals surface area contributed by atoms with Gasteiger partial charge in [-0.2, -0.15) is 0 Å². The van der Waals surface area contributed by atoms with Crippen molar-refractivity contribution in [3.8, 4) is 0 Å². The minimum atomic E-state index is -2.37. The predicted molar refractivity (Wildman–Crippen MR) is 196 cm³/mol. The van der Waals surface area contributed by atoms with E-state index in [4.69, 9.17) is 0 Å². The molecule has 46 heavy (non-hydrogen) atoms. The van der Waals surface area contributed by atoms with Crippen molar-refractivity contribution in [1.82, 2.24) is 0 Å². The summed E-state index contributed by atoms with van der Waals surface area (Å²) in [7, 11) is -4.75. The SMILES string of the molecule is [Br-].[Br-].c1ccc([P+](c2ccccc2)(c2ccccc2)c2ccccc2[P+](c2ccccc2)(c2ccccc2)c2ccccc2)cc1. The van der Waals surface area contributed by atoms with Crippen LogP contribution in [0.5, 0.6) is 0 Å². The smallest absolute Gasteiger partial charge is 0.153 e. The van der Waals surface area contributed by atoms with E-state index in [0.717, 1.165) is 0 Å². The lowest BCUT2D eigenvalue weighted by Crippen LogP contribution is -3.00. The fourth-order valence-electron chi connectivity index (χ4n) is 6.67. The van der Waals surface area contributed by atoms with E-state index in [1.165, 1.54) is 42.4 Å². The molecule has 0 aromatic heterocycles. The van der Waals surface area contributed by atoms with Crippen molar-refractivity contribution in [3.63, 3.8) is 0 Å². The first kappa shape index (κ1) is 33.7. The van der Waals surface area contributed by atoms with Crippen LogP contribution in [0.15, 0.2) is 206 Å². The maximum atomic E-state index is 2.43. The molecule has 0 nitrogen and oxygen atoms in total. The van der Waals surface area contributed by atoms with Gasteiger partial charge in [-0.05, 0) is 84.9 Å². The number of halogens is 2. The second-order valence-electron chi connectivity index (χ2n) is 10.8. The number of rotatable bonds is 8. The van der Waals surface area contributed by atoms with Crippen molar-refractivity contribution >= 4 is 57.0 Å². The summed E-state index contributed by atoms with van der Waals surface area (Å²) in [6.07, 6.45) is 0. The summed E-state index contributed by atoms with van der Waals surface area (Å²) in [6.45, 7) is 0. The molecule has 0 atom stereocenters. The van der Waals surface area contributed by atoms with Crippen LogP contribution >= 0.6 is 14.5 Å². The molecule has 0 aliphatic carbocycles. The summed E-state index contributed by atoms with van der Waals surface area (Å²) in [5.41, 5.74) is 0. The van der Waals surface area contributed by atoms with Crippen LogP contribution in [0.25, 0.3) is 0 Å². The first-order chi connectivity index (χ1) is 21.9. The van der Waals surface area contributed by atoms with Crippen molar-refractivity contribution < 1.29 is 34.0 Å². The van der Waals surface area contributed by atoms with E-state index in [1.807, 2.05) is 0 Å². The summed E-state index contributed by atoms with van der Waals surface area (Å²) < 4.78 is 0. The number of hydrogen-bond donors (Lipinski definition) is 0. The normalized spacial score (nSPS) is 11.1. The van der Waals surface area contributed by atoms with Gasteiger partial charge in [0.25, 0.3) is 0 Å². The van der Waals surface area contributed by atoms with Gasteiger partial charge in [0, 0.05) is 0 Å². The number of benzene rings is 7. The van der Waals surface area contributed by atoms with E-state index < -0.39 is 14.5 Å². The summed E-state index contributed by atoms with van der Waals surface area (Å²) in [6, 6.07) is 76.7. The highest BCUT2D eigenvalue weighted by Crippen LogP contribution is 2.60. The maximum Gasteiger partial charge on any atom is 0.153 e. The lowest BCUT2D eigenvalue weighted by Gasteiger charge is -2.33. The lowest BCUT2D eigenvalue weighted by atomic mass is 10.3. The third-order valence-corrected chi connectivity index (χ3v) is 17.3. The summed E-state index contributed by atoms with van der Waals surface area (Å²) in [5, 5.41) is 11.0. The molecule has 0 bridgehead atoms. The van der Waals surface area contributed by atoms with Gasteiger partial charge in [-0.25, -0.2) is 0 Å². The van der Waals surface area contributed by atoms with Crippen molar-refractivity contribution in [2.24, 2.45) is 0 Å². The van der Waals surface area contributed by atoms with E-state index in [9.17, 15) is 0 Å². The zero-order valence-electron chi connectivity index (χ0n) is 25.3. The maximum absolute atomic E-state index is 2.43. The molecule has 0 aliphatic rings. The van der Waals surface area contributed by atoms with Crippen molar-refractivity contribution in [2.75, 3.05) is 0 Å². The van der Waals surface area contributed by atoms with Crippen LogP contribution in [0, 0.1) is 0 Å². The van der Waals surface area contributed by atoms with Gasteiger partial charge in [0.2, 0.25) is 0 Å². The van der Waals surface area contributed by atoms with Crippen molar-refractivity contribution in [2.45, 2.75) is 0 Å². The first-order valence-corrected chi connectivity index (χ1v) is 18.7. The minimum Gasteiger partial charge on any atom is -1.00 e. The highest BCUT2D eigenvalue weighted by molar-refractivity contribution is 8.06. The molecule has 0 spiro atoms. The zero-order chi connectivity index (χ0) is 29.7. The average molecular weight is 760 g/mol. The molecule has 0 unspecified atom stereocenters. The van der Waals surface area contributed by atoms with Crippen molar-refractivity contribution in [1.29, 1.82) is 0 Å². The van der Waals surface area contributed by atoms with Gasteiger partial charge in [-0.1, -0.05) is 121 Å². The Kier molecular flexibility index (Phi) is 11.2. The summed E-state index contributed by atoms with van der Waals surface area (Å²) in [5.74, 6) is 0. The molecule has 0 fully saturated rings. The molecule has 0 amide bonds. The van der Waals surface area contributed by atoms with E-state index in [0.29, 0.717) is 0 Å². The lowest BCUT2D eigenvalue weighted by molar-refractivity contribution is -0.001000. The molecule has 0 aliphatic heterocycles. The molecule has 7 aromatic rings. The molecule has 7 aromatic carbocycles. The van der Waals surface area contributed by atoms with Crippen LogP contribution in [0.4, 0.5) is 0 Å². The Morgan fingerprint density at radius 1 is 0.196 bits per heavy atom. The Bertz CT molecular complexity index is 1600. The monoisotopic (exact) mass is 758 g/mol. The van der Waals surface area contributed by atoms with Gasteiger partial charge < -0.3 is 34.0 Å². The van der Waals surface area contributed by atoms with Gasteiger partial charge in [0.05, 0.1) is 0 Å². The summed E-state index contributed by atoms with van der Waals surface area (Å²) >= 11 is 0. The van der Waals surface area contributed by atoms with Crippen LogP contribution in [-0.2, 0) is 0 Å². The number of hydrogen-bond acceptors (Lipinski definition) is 0. The Morgan fingerprint density at radius 3 is 0.522 bits per heavy atom. The molecule has 0 radical (unpaired) electrons. The highest BCUT2D eigenvalue weighted by atomic mass is 79.9. The molecular formula is C42H34Br2P2. The molecular weight excluding hydrogens is 726 g/mol. The fraction of sp³-hybridized carbons (Fsp3) is 0. The minimum absolute atomic E-state index is 0. The zero-order valence-corrected chi connectivity index (χ0v) is 30.2. The topological polar surface area (TPSA) is 0 Å². The third-order valence-electron chi connectivity index (χ3n) is 8.47. The second-order valence-corrected chi connectivity index (χ2v) is 17.6. The van der Waals surface area contributed by atoms with Crippen LogP contribution in [0.3, 0.4) is 0 Å². The van der Waals surface area contributed by atoms with Gasteiger partial charge in [0.1, 0.15) is 46.4 Å². The Hall–Kier alpha value is -3.64. The Labute approximate surface area is 295 Å². The summed E-state index contributed by atoms with van der Waals surface area (Å²) in [4.78, 5) is 0. The molecule has 0 N–H and O–H groups in total. The Balaban J connectivity index is 0.00000208. The second kappa shape index (κ2) is 15.3. The quantitative estimate of drug-likeness (QED) is 0.203. The molecule has 0 saturated heterocycles. The van der Waals surface area contributed by atoms with Gasteiger partial charge in [-0.3, -0.25) is 0 Å². The van der Waals surface area contributed by atoms with Gasteiger partial charge in [-0.15, -0.1) is 0 Å².